The molecule has 2 amide bonds. The zero-order chi connectivity index (χ0) is 18.5. The van der Waals surface area contributed by atoms with Crippen molar-refractivity contribution < 1.29 is 9.59 Å². The lowest BCUT2D eigenvalue weighted by molar-refractivity contribution is -0.124. The second-order valence-corrected chi connectivity index (χ2v) is 6.84. The average molecular weight is 354 g/mol. The number of nitrogens with one attached hydrogen (secondary N) is 2. The maximum atomic E-state index is 12.5. The molecule has 2 aromatic rings. The van der Waals surface area contributed by atoms with Crippen molar-refractivity contribution in [1.29, 1.82) is 0 Å². The molecule has 2 aromatic heterocycles. The van der Waals surface area contributed by atoms with Crippen LogP contribution in [0.25, 0.3) is 5.82 Å². The van der Waals surface area contributed by atoms with E-state index in [1.165, 1.54) is 0 Å². The van der Waals surface area contributed by atoms with Gasteiger partial charge in [-0.25, -0.2) is 4.98 Å². The van der Waals surface area contributed by atoms with Crippen LogP contribution in [0.1, 0.15) is 47.4 Å². The summed E-state index contributed by atoms with van der Waals surface area (Å²) in [5.41, 5.74) is 2.45. The third-order valence-electron chi connectivity index (χ3n) is 4.99. The summed E-state index contributed by atoms with van der Waals surface area (Å²) in [6.07, 6.45) is 5.98. The molecule has 3 rings (SSSR count). The Bertz CT molecular complexity index is 777. The summed E-state index contributed by atoms with van der Waals surface area (Å²) >= 11 is 0. The number of aryl methyl sites for hydroxylation is 1. The van der Waals surface area contributed by atoms with E-state index >= 15 is 0 Å². The highest BCUT2D eigenvalue weighted by atomic mass is 16.2. The first-order valence-corrected chi connectivity index (χ1v) is 9.24. The molecule has 1 saturated carbocycles. The van der Waals surface area contributed by atoms with Crippen LogP contribution in [0.15, 0.2) is 30.5 Å². The fourth-order valence-corrected chi connectivity index (χ4v) is 3.62. The van der Waals surface area contributed by atoms with Crippen molar-refractivity contribution in [2.75, 3.05) is 13.1 Å². The number of pyridine rings is 1. The minimum absolute atomic E-state index is 0.116. The third kappa shape index (κ3) is 3.95. The van der Waals surface area contributed by atoms with Gasteiger partial charge in [-0.15, -0.1) is 0 Å². The maximum Gasteiger partial charge on any atom is 0.253 e. The van der Waals surface area contributed by atoms with Crippen LogP contribution in [0.2, 0.25) is 0 Å². The number of carbonyl (C=O) groups excluding carboxylic acids is 2. The summed E-state index contributed by atoms with van der Waals surface area (Å²) in [5, 5.41) is 5.81. The van der Waals surface area contributed by atoms with Gasteiger partial charge >= 0.3 is 0 Å². The molecule has 0 radical (unpaired) electrons. The van der Waals surface area contributed by atoms with E-state index in [0.717, 1.165) is 42.9 Å². The van der Waals surface area contributed by atoms with Crippen LogP contribution in [0.5, 0.6) is 0 Å². The van der Waals surface area contributed by atoms with E-state index in [0.29, 0.717) is 18.7 Å². The SMILES string of the molecule is Cc1cc(C(=O)NCCNC(=O)C2CCCC2)c(C)n1-c1ccccn1. The fourth-order valence-electron chi connectivity index (χ4n) is 3.62. The Morgan fingerprint density at radius 2 is 1.88 bits per heavy atom. The van der Waals surface area contributed by atoms with Gasteiger partial charge in [0.25, 0.3) is 5.91 Å². The zero-order valence-corrected chi connectivity index (χ0v) is 15.4. The molecule has 1 fully saturated rings. The van der Waals surface area contributed by atoms with Crippen molar-refractivity contribution in [2.24, 2.45) is 5.92 Å². The third-order valence-corrected chi connectivity index (χ3v) is 4.99. The van der Waals surface area contributed by atoms with Gasteiger partial charge in [0.1, 0.15) is 5.82 Å². The molecule has 0 aromatic carbocycles. The Morgan fingerprint density at radius 1 is 1.15 bits per heavy atom. The van der Waals surface area contributed by atoms with E-state index in [1.54, 1.807) is 6.20 Å². The maximum absolute atomic E-state index is 12.5. The van der Waals surface area contributed by atoms with Gasteiger partial charge in [0, 0.05) is 36.6 Å². The summed E-state index contributed by atoms with van der Waals surface area (Å²) < 4.78 is 1.97. The number of aromatic nitrogens is 2. The van der Waals surface area contributed by atoms with Gasteiger partial charge in [0.2, 0.25) is 5.91 Å². The van der Waals surface area contributed by atoms with E-state index in [1.807, 2.05) is 42.7 Å². The van der Waals surface area contributed by atoms with Crippen LogP contribution in [-0.4, -0.2) is 34.5 Å². The van der Waals surface area contributed by atoms with Crippen molar-refractivity contribution in [3.05, 3.63) is 47.4 Å². The second-order valence-electron chi connectivity index (χ2n) is 6.84. The Morgan fingerprint density at radius 3 is 2.58 bits per heavy atom. The van der Waals surface area contributed by atoms with Crippen molar-refractivity contribution in [1.82, 2.24) is 20.2 Å². The van der Waals surface area contributed by atoms with E-state index in [2.05, 4.69) is 15.6 Å². The lowest BCUT2D eigenvalue weighted by Gasteiger charge is -2.11. The van der Waals surface area contributed by atoms with Crippen LogP contribution in [-0.2, 0) is 4.79 Å². The molecule has 1 aliphatic carbocycles. The first-order chi connectivity index (χ1) is 12.6. The molecule has 138 valence electrons. The lowest BCUT2D eigenvalue weighted by Crippen LogP contribution is -2.37. The number of hydrogen-bond acceptors (Lipinski definition) is 3. The number of nitrogens with zero attached hydrogens (tertiary/aromatic N) is 2. The van der Waals surface area contributed by atoms with Crippen molar-refractivity contribution >= 4 is 11.8 Å². The normalized spacial score (nSPS) is 14.4. The molecule has 0 aliphatic heterocycles. The molecule has 1 aliphatic rings. The van der Waals surface area contributed by atoms with Crippen LogP contribution in [0.4, 0.5) is 0 Å². The van der Waals surface area contributed by atoms with Crippen molar-refractivity contribution in [2.45, 2.75) is 39.5 Å². The fraction of sp³-hybridized carbons (Fsp3) is 0.450. The zero-order valence-electron chi connectivity index (χ0n) is 15.4. The first kappa shape index (κ1) is 18.2. The van der Waals surface area contributed by atoms with E-state index < -0.39 is 0 Å². The molecular weight excluding hydrogens is 328 g/mol. The highest BCUT2D eigenvalue weighted by Gasteiger charge is 2.22. The quantitative estimate of drug-likeness (QED) is 0.783. The van der Waals surface area contributed by atoms with Crippen molar-refractivity contribution in [3.8, 4) is 5.82 Å². The van der Waals surface area contributed by atoms with Gasteiger partial charge in [-0.3, -0.25) is 9.59 Å². The topological polar surface area (TPSA) is 76.0 Å². The second kappa shape index (κ2) is 8.17. The average Bonchev–Trinajstić information content (AvgIpc) is 3.27. The number of rotatable bonds is 6. The summed E-state index contributed by atoms with van der Waals surface area (Å²) in [5.74, 6) is 0.939. The number of amides is 2. The first-order valence-electron chi connectivity index (χ1n) is 9.24. The minimum Gasteiger partial charge on any atom is -0.354 e. The standard InChI is InChI=1S/C20H26N4O2/c1-14-13-17(15(2)24(14)18-9-5-6-10-21-18)20(26)23-12-11-22-19(25)16-7-3-4-8-16/h5-6,9-10,13,16H,3-4,7-8,11-12H2,1-2H3,(H,22,25)(H,23,26). The van der Waals surface area contributed by atoms with Crippen molar-refractivity contribution in [3.63, 3.8) is 0 Å². The monoisotopic (exact) mass is 354 g/mol. The smallest absolute Gasteiger partial charge is 0.253 e. The van der Waals surface area contributed by atoms with Crippen LogP contribution in [0, 0.1) is 19.8 Å². The highest BCUT2D eigenvalue weighted by molar-refractivity contribution is 5.95. The van der Waals surface area contributed by atoms with Gasteiger partial charge < -0.3 is 15.2 Å². The number of hydrogen-bond donors (Lipinski definition) is 2. The van der Waals surface area contributed by atoms with E-state index in [-0.39, 0.29) is 17.7 Å². The molecule has 2 heterocycles. The van der Waals surface area contributed by atoms with Gasteiger partial charge in [0.15, 0.2) is 0 Å². The molecule has 0 spiro atoms. The highest BCUT2D eigenvalue weighted by Crippen LogP contribution is 2.24. The van der Waals surface area contributed by atoms with Gasteiger partial charge in [-0.05, 0) is 44.9 Å². The molecular formula is C20H26N4O2. The molecule has 6 nitrogen and oxygen atoms in total. The predicted octanol–water partition coefficient (Wildman–Crippen LogP) is 2.53. The molecule has 0 bridgehead atoms. The van der Waals surface area contributed by atoms with Crippen LogP contribution in [0.3, 0.4) is 0 Å². The molecule has 6 heteroatoms. The van der Waals surface area contributed by atoms with Crippen LogP contribution >= 0.6 is 0 Å². The van der Waals surface area contributed by atoms with E-state index in [4.69, 9.17) is 0 Å². The lowest BCUT2D eigenvalue weighted by atomic mass is 10.1. The Balaban J connectivity index is 1.56. The van der Waals surface area contributed by atoms with Gasteiger partial charge in [-0.2, -0.15) is 0 Å². The van der Waals surface area contributed by atoms with E-state index in [9.17, 15) is 9.59 Å². The van der Waals surface area contributed by atoms with Crippen LogP contribution < -0.4 is 10.6 Å². The summed E-state index contributed by atoms with van der Waals surface area (Å²) in [7, 11) is 0. The van der Waals surface area contributed by atoms with Gasteiger partial charge in [0.05, 0.1) is 5.56 Å². The minimum atomic E-state index is -0.129. The molecule has 2 N–H and O–H groups in total. The summed E-state index contributed by atoms with van der Waals surface area (Å²) in [6.45, 7) is 4.75. The Labute approximate surface area is 154 Å². The summed E-state index contributed by atoms with van der Waals surface area (Å²) in [4.78, 5) is 28.9. The Hall–Kier alpha value is -2.63. The molecule has 0 saturated heterocycles. The predicted molar refractivity (Wildman–Crippen MR) is 100 cm³/mol. The summed E-state index contributed by atoms with van der Waals surface area (Å²) in [6, 6.07) is 7.58. The van der Waals surface area contributed by atoms with Gasteiger partial charge in [-0.1, -0.05) is 18.9 Å². The largest absolute Gasteiger partial charge is 0.354 e. The number of carbonyl (C=O) groups is 2. The molecule has 0 atom stereocenters. The molecule has 26 heavy (non-hydrogen) atoms. The Kier molecular flexibility index (Phi) is 5.71. The molecule has 0 unspecified atom stereocenters.